The van der Waals surface area contributed by atoms with Gasteiger partial charge in [-0.2, -0.15) is 11.8 Å². The van der Waals surface area contributed by atoms with E-state index >= 15 is 0 Å². The molecule has 0 radical (unpaired) electrons. The lowest BCUT2D eigenvalue weighted by Crippen LogP contribution is -2.53. The fourth-order valence-corrected chi connectivity index (χ4v) is 2.86. The van der Waals surface area contributed by atoms with E-state index in [9.17, 15) is 4.79 Å². The van der Waals surface area contributed by atoms with Crippen LogP contribution in [0.15, 0.2) is 0 Å². The lowest BCUT2D eigenvalue weighted by Gasteiger charge is -2.24. The summed E-state index contributed by atoms with van der Waals surface area (Å²) in [6.07, 6.45) is 3.09. The Kier molecular flexibility index (Phi) is 2.04. The van der Waals surface area contributed by atoms with E-state index in [1.807, 2.05) is 0 Å². The average molecular weight is 187 g/mol. The second-order valence-corrected chi connectivity index (χ2v) is 4.71. The second-order valence-electron chi connectivity index (χ2n) is 3.61. The van der Waals surface area contributed by atoms with Gasteiger partial charge in [0.25, 0.3) is 0 Å². The molecule has 2 N–H and O–H groups in total. The molecular weight excluding hydrogens is 174 g/mol. The summed E-state index contributed by atoms with van der Waals surface area (Å²) in [5, 5.41) is 12.3. The molecule has 1 unspecified atom stereocenters. The first kappa shape index (κ1) is 8.38. The highest BCUT2D eigenvalue weighted by atomic mass is 32.2. The SMILES string of the molecule is O=C(O)C1(NC2CC2)CCSC1. The number of thioether (sulfide) groups is 1. The van der Waals surface area contributed by atoms with Gasteiger partial charge < -0.3 is 5.11 Å². The van der Waals surface area contributed by atoms with Gasteiger partial charge in [0.1, 0.15) is 5.54 Å². The van der Waals surface area contributed by atoms with Crippen molar-refractivity contribution in [1.82, 2.24) is 5.32 Å². The Morgan fingerprint density at radius 2 is 2.33 bits per heavy atom. The number of hydrogen-bond acceptors (Lipinski definition) is 3. The average Bonchev–Trinajstić information content (AvgIpc) is 2.66. The molecule has 3 nitrogen and oxygen atoms in total. The summed E-state index contributed by atoms with van der Waals surface area (Å²) in [7, 11) is 0. The van der Waals surface area contributed by atoms with Crippen molar-refractivity contribution in [2.45, 2.75) is 30.8 Å². The van der Waals surface area contributed by atoms with Crippen molar-refractivity contribution in [2.24, 2.45) is 0 Å². The quantitative estimate of drug-likeness (QED) is 0.683. The van der Waals surface area contributed by atoms with Crippen LogP contribution < -0.4 is 5.32 Å². The predicted molar refractivity (Wildman–Crippen MR) is 48.5 cm³/mol. The Morgan fingerprint density at radius 3 is 2.75 bits per heavy atom. The predicted octanol–water partition coefficient (Wildman–Crippen LogP) is 0.699. The van der Waals surface area contributed by atoms with Gasteiger partial charge in [-0.25, -0.2) is 0 Å². The summed E-state index contributed by atoms with van der Waals surface area (Å²) in [4.78, 5) is 11.0. The van der Waals surface area contributed by atoms with E-state index in [0.717, 1.165) is 30.8 Å². The number of carboxylic acid groups (broad SMARTS) is 1. The van der Waals surface area contributed by atoms with E-state index < -0.39 is 11.5 Å². The lowest BCUT2D eigenvalue weighted by molar-refractivity contribution is -0.143. The highest BCUT2D eigenvalue weighted by Gasteiger charge is 2.44. The summed E-state index contributed by atoms with van der Waals surface area (Å²) in [5.74, 6) is 1.05. The molecule has 1 atom stereocenters. The van der Waals surface area contributed by atoms with E-state index in [1.54, 1.807) is 11.8 Å². The Morgan fingerprint density at radius 1 is 1.58 bits per heavy atom. The van der Waals surface area contributed by atoms with Gasteiger partial charge in [0.2, 0.25) is 0 Å². The van der Waals surface area contributed by atoms with Crippen molar-refractivity contribution >= 4 is 17.7 Å². The van der Waals surface area contributed by atoms with Crippen LogP contribution in [0.25, 0.3) is 0 Å². The minimum absolute atomic E-state index is 0.486. The third-order valence-corrected chi connectivity index (χ3v) is 3.68. The van der Waals surface area contributed by atoms with Crippen molar-refractivity contribution < 1.29 is 9.90 Å². The molecule has 0 aromatic heterocycles. The molecule has 0 aromatic carbocycles. The number of carbonyl (C=O) groups is 1. The molecule has 0 amide bonds. The summed E-state index contributed by atoms with van der Waals surface area (Å²) in [5.41, 5.74) is -0.591. The van der Waals surface area contributed by atoms with Crippen LogP contribution in [0, 0.1) is 0 Å². The minimum Gasteiger partial charge on any atom is -0.480 e. The maximum atomic E-state index is 11.0. The van der Waals surface area contributed by atoms with Gasteiger partial charge in [-0.3, -0.25) is 10.1 Å². The van der Waals surface area contributed by atoms with Crippen LogP contribution in [0.4, 0.5) is 0 Å². The first-order chi connectivity index (χ1) is 5.73. The molecule has 2 aliphatic rings. The molecule has 0 aromatic rings. The molecule has 1 saturated carbocycles. The van der Waals surface area contributed by atoms with E-state index in [-0.39, 0.29) is 0 Å². The summed E-state index contributed by atoms with van der Waals surface area (Å²) in [6, 6.07) is 0.486. The largest absolute Gasteiger partial charge is 0.480 e. The van der Waals surface area contributed by atoms with Crippen molar-refractivity contribution in [1.29, 1.82) is 0 Å². The van der Waals surface area contributed by atoms with Gasteiger partial charge in [0.15, 0.2) is 0 Å². The smallest absolute Gasteiger partial charge is 0.324 e. The molecule has 1 heterocycles. The molecule has 12 heavy (non-hydrogen) atoms. The highest BCUT2D eigenvalue weighted by Crippen LogP contribution is 2.32. The zero-order valence-electron chi connectivity index (χ0n) is 6.88. The van der Waals surface area contributed by atoms with E-state index in [0.29, 0.717) is 6.04 Å². The second kappa shape index (κ2) is 2.92. The Bertz CT molecular complexity index is 197. The number of nitrogens with one attached hydrogen (secondary N) is 1. The highest BCUT2D eigenvalue weighted by molar-refractivity contribution is 7.99. The summed E-state index contributed by atoms with van der Waals surface area (Å²) >= 11 is 1.74. The third-order valence-electron chi connectivity index (χ3n) is 2.49. The van der Waals surface area contributed by atoms with Gasteiger partial charge in [-0.15, -0.1) is 0 Å². The molecule has 4 heteroatoms. The third kappa shape index (κ3) is 1.45. The molecule has 2 fully saturated rings. The Hall–Kier alpha value is -0.220. The van der Waals surface area contributed by atoms with Crippen LogP contribution in [0.3, 0.4) is 0 Å². The maximum absolute atomic E-state index is 11.0. The first-order valence-corrected chi connectivity index (χ1v) is 5.47. The number of rotatable bonds is 3. The lowest BCUT2D eigenvalue weighted by atomic mass is 9.99. The van der Waals surface area contributed by atoms with Crippen LogP contribution >= 0.6 is 11.8 Å². The number of carboxylic acids is 1. The fraction of sp³-hybridized carbons (Fsp3) is 0.875. The molecule has 1 aliphatic carbocycles. The van der Waals surface area contributed by atoms with E-state index in [4.69, 9.17) is 5.11 Å². The van der Waals surface area contributed by atoms with Gasteiger partial charge in [0, 0.05) is 11.8 Å². The normalized spacial score (nSPS) is 35.3. The number of aliphatic carboxylic acids is 1. The zero-order valence-corrected chi connectivity index (χ0v) is 7.69. The number of hydrogen-bond donors (Lipinski definition) is 2. The molecular formula is C8H13NO2S. The Balaban J connectivity index is 2.03. The molecule has 1 saturated heterocycles. The molecule has 2 rings (SSSR count). The minimum atomic E-state index is -0.667. The van der Waals surface area contributed by atoms with Crippen LogP contribution in [0.1, 0.15) is 19.3 Å². The van der Waals surface area contributed by atoms with Crippen LogP contribution in [-0.4, -0.2) is 34.2 Å². The van der Waals surface area contributed by atoms with E-state index in [2.05, 4.69) is 5.32 Å². The van der Waals surface area contributed by atoms with Crippen molar-refractivity contribution in [3.8, 4) is 0 Å². The molecule has 0 spiro atoms. The molecule has 0 bridgehead atoms. The van der Waals surface area contributed by atoms with Crippen molar-refractivity contribution in [2.75, 3.05) is 11.5 Å². The fourth-order valence-electron chi connectivity index (χ4n) is 1.53. The van der Waals surface area contributed by atoms with Gasteiger partial charge in [0.05, 0.1) is 0 Å². The zero-order chi connectivity index (χ0) is 8.60. The van der Waals surface area contributed by atoms with Crippen LogP contribution in [0.2, 0.25) is 0 Å². The van der Waals surface area contributed by atoms with E-state index in [1.165, 1.54) is 0 Å². The standard InChI is InChI=1S/C8H13NO2S/c10-7(11)8(3-4-12-5-8)9-6-1-2-6/h6,9H,1-5H2,(H,10,11). The summed E-state index contributed by atoms with van der Waals surface area (Å²) in [6.45, 7) is 0. The van der Waals surface area contributed by atoms with Crippen LogP contribution in [0.5, 0.6) is 0 Å². The Labute approximate surface area is 75.9 Å². The molecule has 68 valence electrons. The maximum Gasteiger partial charge on any atom is 0.324 e. The topological polar surface area (TPSA) is 49.3 Å². The van der Waals surface area contributed by atoms with Crippen molar-refractivity contribution in [3.63, 3.8) is 0 Å². The molecule has 1 aliphatic heterocycles. The van der Waals surface area contributed by atoms with Crippen LogP contribution in [-0.2, 0) is 4.79 Å². The first-order valence-electron chi connectivity index (χ1n) is 4.32. The van der Waals surface area contributed by atoms with Gasteiger partial charge >= 0.3 is 5.97 Å². The van der Waals surface area contributed by atoms with Gasteiger partial charge in [-0.05, 0) is 25.0 Å². The van der Waals surface area contributed by atoms with Crippen molar-refractivity contribution in [3.05, 3.63) is 0 Å². The summed E-state index contributed by atoms with van der Waals surface area (Å²) < 4.78 is 0. The monoisotopic (exact) mass is 187 g/mol. The van der Waals surface area contributed by atoms with Gasteiger partial charge in [-0.1, -0.05) is 0 Å².